The van der Waals surface area contributed by atoms with E-state index in [-0.39, 0.29) is 24.5 Å². The first-order valence-electron chi connectivity index (χ1n) is 8.27. The lowest BCUT2D eigenvalue weighted by Crippen LogP contribution is -2.13. The largest absolute Gasteiger partial charge is 0.488 e. The number of hydrogen-bond donors (Lipinski definition) is 0. The molecule has 0 spiro atoms. The summed E-state index contributed by atoms with van der Waals surface area (Å²) in [5.74, 6) is -0.618. The summed E-state index contributed by atoms with van der Waals surface area (Å²) in [6.45, 7) is 3.30. The summed E-state index contributed by atoms with van der Waals surface area (Å²) in [7, 11) is 0. The van der Waals surface area contributed by atoms with E-state index in [0.717, 1.165) is 5.56 Å². The SMILES string of the molecule is CCOC(=O)/C(=C/c1ccccc1OCc1ccc([N+](=O)[O-])cc1)C(C)=O. The van der Waals surface area contributed by atoms with Crippen LogP contribution in [0.3, 0.4) is 0 Å². The zero-order valence-electron chi connectivity index (χ0n) is 15.0. The topological polar surface area (TPSA) is 95.7 Å². The first kappa shape index (κ1) is 19.8. The maximum absolute atomic E-state index is 12.0. The van der Waals surface area contributed by atoms with Crippen molar-refractivity contribution in [2.24, 2.45) is 0 Å². The molecule has 0 N–H and O–H groups in total. The van der Waals surface area contributed by atoms with Crippen molar-refractivity contribution < 1.29 is 24.0 Å². The van der Waals surface area contributed by atoms with Gasteiger partial charge in [0.1, 0.15) is 17.9 Å². The van der Waals surface area contributed by atoms with Crippen LogP contribution in [0.25, 0.3) is 6.08 Å². The average Bonchev–Trinajstić information content (AvgIpc) is 2.65. The molecule has 0 saturated heterocycles. The number of ether oxygens (including phenoxy) is 2. The van der Waals surface area contributed by atoms with Crippen molar-refractivity contribution in [3.8, 4) is 5.75 Å². The molecule has 0 saturated carbocycles. The van der Waals surface area contributed by atoms with E-state index in [1.807, 2.05) is 0 Å². The van der Waals surface area contributed by atoms with Crippen LogP contribution in [0, 0.1) is 10.1 Å². The van der Waals surface area contributed by atoms with Gasteiger partial charge in [-0.05, 0) is 43.7 Å². The predicted octanol–water partition coefficient (Wildman–Crippen LogP) is 3.71. The first-order valence-corrected chi connectivity index (χ1v) is 8.27. The summed E-state index contributed by atoms with van der Waals surface area (Å²) < 4.78 is 10.7. The van der Waals surface area contributed by atoms with Crippen LogP contribution in [-0.2, 0) is 20.9 Å². The fourth-order valence-corrected chi connectivity index (χ4v) is 2.27. The molecule has 0 radical (unpaired) electrons. The number of Topliss-reactive ketones (excluding diaryl/α,β-unsaturated/α-hetero) is 1. The van der Waals surface area contributed by atoms with Gasteiger partial charge in [0.05, 0.1) is 11.5 Å². The third-order valence-corrected chi connectivity index (χ3v) is 3.63. The van der Waals surface area contributed by atoms with E-state index >= 15 is 0 Å². The van der Waals surface area contributed by atoms with E-state index in [9.17, 15) is 19.7 Å². The molecule has 0 heterocycles. The van der Waals surface area contributed by atoms with Crippen LogP contribution in [0.15, 0.2) is 54.1 Å². The van der Waals surface area contributed by atoms with E-state index in [0.29, 0.717) is 11.3 Å². The van der Waals surface area contributed by atoms with Crippen LogP contribution in [0.5, 0.6) is 5.75 Å². The van der Waals surface area contributed by atoms with Gasteiger partial charge < -0.3 is 9.47 Å². The molecule has 140 valence electrons. The zero-order valence-corrected chi connectivity index (χ0v) is 15.0. The summed E-state index contributed by atoms with van der Waals surface area (Å²) in [6.07, 6.45) is 1.44. The Bertz CT molecular complexity index is 870. The van der Waals surface area contributed by atoms with Gasteiger partial charge in [0.15, 0.2) is 5.78 Å². The highest BCUT2D eigenvalue weighted by Gasteiger charge is 2.16. The van der Waals surface area contributed by atoms with Gasteiger partial charge in [-0.1, -0.05) is 18.2 Å². The number of nitro benzene ring substituents is 1. The fourth-order valence-electron chi connectivity index (χ4n) is 2.27. The Morgan fingerprint density at radius 1 is 1.11 bits per heavy atom. The van der Waals surface area contributed by atoms with Crippen LogP contribution >= 0.6 is 0 Å². The number of esters is 1. The van der Waals surface area contributed by atoms with Gasteiger partial charge in [0.2, 0.25) is 0 Å². The van der Waals surface area contributed by atoms with Gasteiger partial charge in [0.25, 0.3) is 5.69 Å². The van der Waals surface area contributed by atoms with E-state index in [1.54, 1.807) is 43.3 Å². The molecular weight excluding hydrogens is 350 g/mol. The second-order valence-corrected chi connectivity index (χ2v) is 5.58. The van der Waals surface area contributed by atoms with Gasteiger partial charge in [0, 0.05) is 17.7 Å². The molecule has 0 aliphatic rings. The van der Waals surface area contributed by atoms with Crippen LogP contribution in [0.2, 0.25) is 0 Å². The minimum absolute atomic E-state index is 0.00243. The van der Waals surface area contributed by atoms with Crippen molar-refractivity contribution in [2.45, 2.75) is 20.5 Å². The Labute approximate surface area is 156 Å². The minimum atomic E-state index is -0.685. The lowest BCUT2D eigenvalue weighted by atomic mass is 10.1. The highest BCUT2D eigenvalue weighted by Crippen LogP contribution is 2.23. The summed E-state index contributed by atoms with van der Waals surface area (Å²) in [5, 5.41) is 10.7. The maximum Gasteiger partial charge on any atom is 0.341 e. The summed E-state index contributed by atoms with van der Waals surface area (Å²) in [4.78, 5) is 34.0. The standard InChI is InChI=1S/C20H19NO6/c1-3-26-20(23)18(14(2)22)12-16-6-4-5-7-19(16)27-13-15-8-10-17(11-9-15)21(24)25/h4-12H,3,13H2,1-2H3/b18-12+. The number of rotatable bonds is 8. The summed E-state index contributed by atoms with van der Waals surface area (Å²) in [5.41, 5.74) is 1.24. The van der Waals surface area contributed by atoms with Gasteiger partial charge in [-0.25, -0.2) is 4.79 Å². The van der Waals surface area contributed by atoms with Crippen molar-refractivity contribution in [2.75, 3.05) is 6.61 Å². The Balaban J connectivity index is 2.21. The normalized spacial score (nSPS) is 11.0. The lowest BCUT2D eigenvalue weighted by molar-refractivity contribution is -0.384. The van der Waals surface area contributed by atoms with E-state index in [4.69, 9.17) is 9.47 Å². The smallest absolute Gasteiger partial charge is 0.341 e. The summed E-state index contributed by atoms with van der Waals surface area (Å²) in [6, 6.07) is 13.0. The van der Waals surface area contributed by atoms with E-state index < -0.39 is 16.7 Å². The number of carbonyl (C=O) groups excluding carboxylic acids is 2. The second-order valence-electron chi connectivity index (χ2n) is 5.58. The Hall–Kier alpha value is -3.48. The minimum Gasteiger partial charge on any atom is -0.488 e. The van der Waals surface area contributed by atoms with E-state index in [2.05, 4.69) is 0 Å². The van der Waals surface area contributed by atoms with Crippen molar-refractivity contribution in [1.82, 2.24) is 0 Å². The van der Waals surface area contributed by atoms with Crippen LogP contribution in [-0.4, -0.2) is 23.3 Å². The number of hydrogen-bond acceptors (Lipinski definition) is 6. The highest BCUT2D eigenvalue weighted by molar-refractivity contribution is 6.19. The molecule has 27 heavy (non-hydrogen) atoms. The Kier molecular flexibility index (Phi) is 6.82. The number of benzene rings is 2. The molecule has 7 nitrogen and oxygen atoms in total. The molecule has 0 aromatic heterocycles. The fraction of sp³-hybridized carbons (Fsp3) is 0.200. The van der Waals surface area contributed by atoms with Crippen molar-refractivity contribution in [1.29, 1.82) is 0 Å². The average molecular weight is 369 g/mol. The van der Waals surface area contributed by atoms with Gasteiger partial charge in [-0.3, -0.25) is 14.9 Å². The molecule has 2 aromatic carbocycles. The molecule has 0 amide bonds. The predicted molar refractivity (Wildman–Crippen MR) is 99.2 cm³/mol. The van der Waals surface area contributed by atoms with Crippen molar-refractivity contribution >= 4 is 23.5 Å². The molecular formula is C20H19NO6. The molecule has 0 fully saturated rings. The second kappa shape index (κ2) is 9.28. The highest BCUT2D eigenvalue weighted by atomic mass is 16.6. The number of para-hydroxylation sites is 1. The molecule has 0 aliphatic heterocycles. The number of non-ortho nitro benzene ring substituents is 1. The number of ketones is 1. The van der Waals surface area contributed by atoms with Crippen LogP contribution < -0.4 is 4.74 Å². The van der Waals surface area contributed by atoms with Gasteiger partial charge in [-0.15, -0.1) is 0 Å². The van der Waals surface area contributed by atoms with Crippen LogP contribution in [0.4, 0.5) is 5.69 Å². The quantitative estimate of drug-likeness (QED) is 0.176. The molecule has 2 rings (SSSR count). The third kappa shape index (κ3) is 5.50. The zero-order chi connectivity index (χ0) is 19.8. The maximum atomic E-state index is 12.0. The number of carbonyl (C=O) groups is 2. The monoisotopic (exact) mass is 369 g/mol. The molecule has 0 unspecified atom stereocenters. The molecule has 2 aromatic rings. The summed E-state index contributed by atoms with van der Waals surface area (Å²) >= 11 is 0. The van der Waals surface area contributed by atoms with Crippen molar-refractivity contribution in [3.05, 3.63) is 75.3 Å². The van der Waals surface area contributed by atoms with Gasteiger partial charge in [-0.2, -0.15) is 0 Å². The van der Waals surface area contributed by atoms with Gasteiger partial charge >= 0.3 is 5.97 Å². The number of nitro groups is 1. The first-order chi connectivity index (χ1) is 12.9. The molecule has 7 heteroatoms. The Morgan fingerprint density at radius 3 is 2.37 bits per heavy atom. The molecule has 0 aliphatic carbocycles. The van der Waals surface area contributed by atoms with Crippen molar-refractivity contribution in [3.63, 3.8) is 0 Å². The van der Waals surface area contributed by atoms with E-state index in [1.165, 1.54) is 25.1 Å². The molecule has 0 bridgehead atoms. The lowest BCUT2D eigenvalue weighted by Gasteiger charge is -2.10. The molecule has 0 atom stereocenters. The third-order valence-electron chi connectivity index (χ3n) is 3.63. The number of nitrogens with zero attached hydrogens (tertiary/aromatic N) is 1. The Morgan fingerprint density at radius 2 is 1.78 bits per heavy atom. The van der Waals surface area contributed by atoms with Crippen LogP contribution in [0.1, 0.15) is 25.0 Å².